The fourth-order valence-electron chi connectivity index (χ4n) is 1.25. The first-order valence-corrected chi connectivity index (χ1v) is 6.45. The molecule has 2 N–H and O–H groups in total. The maximum Gasteiger partial charge on any atom is 0.251 e. The fourth-order valence-corrected chi connectivity index (χ4v) is 2.25. The Morgan fingerprint density at radius 2 is 1.82 bits per heavy atom. The lowest BCUT2D eigenvalue weighted by Crippen LogP contribution is -2.28. The van der Waals surface area contributed by atoms with Crippen LogP contribution in [-0.2, 0) is 16.6 Å². The van der Waals surface area contributed by atoms with Crippen LogP contribution in [0.25, 0.3) is 0 Å². The Morgan fingerprint density at radius 1 is 1.24 bits per heavy atom. The zero-order valence-corrected chi connectivity index (χ0v) is 10.1. The lowest BCUT2D eigenvalue weighted by molar-refractivity contribution is 0.153. The van der Waals surface area contributed by atoms with Gasteiger partial charge < -0.3 is 5.32 Å². The Kier molecular flexibility index (Phi) is 4.98. The second-order valence-corrected chi connectivity index (χ2v) is 5.18. The lowest BCUT2D eigenvalue weighted by Gasteiger charge is -2.07. The summed E-state index contributed by atoms with van der Waals surface area (Å²) in [7, 11) is -2.06. The summed E-state index contributed by atoms with van der Waals surface area (Å²) in [4.78, 5) is -0.0157. The molecular weight excluding hydrogens is 250 g/mol. The molecule has 0 aliphatic carbocycles. The number of sulfonamides is 1. The molecular formula is C10H14F2N2O2S. The van der Waals surface area contributed by atoms with Crippen LogP contribution in [0, 0.1) is 0 Å². The predicted octanol–water partition coefficient (Wildman–Crippen LogP) is 0.949. The summed E-state index contributed by atoms with van der Waals surface area (Å²) in [5.74, 6) is 0. The number of hydrogen-bond donors (Lipinski definition) is 2. The standard InChI is InChI=1S/C10H14F2N2O2S/c1-13-6-8-2-4-9(5-3-8)17(15,16)14-7-10(11)12/h2-5,10,13-14H,6-7H2,1H3. The van der Waals surface area contributed by atoms with Gasteiger partial charge in [0.25, 0.3) is 6.43 Å². The summed E-state index contributed by atoms with van der Waals surface area (Å²) in [6.07, 6.45) is -2.70. The molecule has 17 heavy (non-hydrogen) atoms. The number of hydrogen-bond acceptors (Lipinski definition) is 3. The average molecular weight is 264 g/mol. The van der Waals surface area contributed by atoms with Crippen LogP contribution in [0.5, 0.6) is 0 Å². The highest BCUT2D eigenvalue weighted by molar-refractivity contribution is 7.89. The molecule has 1 aromatic carbocycles. The van der Waals surface area contributed by atoms with E-state index in [1.807, 2.05) is 4.72 Å². The second-order valence-electron chi connectivity index (χ2n) is 3.42. The van der Waals surface area contributed by atoms with E-state index in [-0.39, 0.29) is 4.90 Å². The zero-order valence-electron chi connectivity index (χ0n) is 9.28. The summed E-state index contributed by atoms with van der Waals surface area (Å²) < 4.78 is 48.7. The van der Waals surface area contributed by atoms with E-state index in [0.717, 1.165) is 5.56 Å². The summed E-state index contributed by atoms with van der Waals surface area (Å²) in [5.41, 5.74) is 0.917. The molecule has 0 heterocycles. The molecule has 0 saturated heterocycles. The highest BCUT2D eigenvalue weighted by Crippen LogP contribution is 2.10. The molecule has 0 bridgehead atoms. The van der Waals surface area contributed by atoms with Crippen LogP contribution in [-0.4, -0.2) is 28.4 Å². The minimum atomic E-state index is -3.84. The molecule has 7 heteroatoms. The van der Waals surface area contributed by atoms with Crippen molar-refractivity contribution in [2.75, 3.05) is 13.6 Å². The summed E-state index contributed by atoms with van der Waals surface area (Å²) in [5, 5.41) is 2.92. The molecule has 0 radical (unpaired) electrons. The van der Waals surface area contributed by atoms with Crippen LogP contribution in [0.2, 0.25) is 0 Å². The van der Waals surface area contributed by atoms with Crippen molar-refractivity contribution in [1.82, 2.24) is 10.0 Å². The van der Waals surface area contributed by atoms with Gasteiger partial charge in [0, 0.05) is 6.54 Å². The van der Waals surface area contributed by atoms with Gasteiger partial charge in [-0.25, -0.2) is 21.9 Å². The molecule has 0 fully saturated rings. The number of benzene rings is 1. The first-order chi connectivity index (χ1) is 7.95. The Hall–Kier alpha value is -1.05. The molecule has 0 aromatic heterocycles. The molecule has 1 aromatic rings. The summed E-state index contributed by atoms with van der Waals surface area (Å²) >= 11 is 0. The fraction of sp³-hybridized carbons (Fsp3) is 0.400. The molecule has 0 saturated carbocycles. The quantitative estimate of drug-likeness (QED) is 0.804. The molecule has 96 valence electrons. The van der Waals surface area contributed by atoms with Crippen LogP contribution < -0.4 is 10.0 Å². The molecule has 0 aliphatic heterocycles. The highest BCUT2D eigenvalue weighted by Gasteiger charge is 2.15. The van der Waals surface area contributed by atoms with Crippen molar-refractivity contribution in [1.29, 1.82) is 0 Å². The van der Waals surface area contributed by atoms with Gasteiger partial charge in [-0.2, -0.15) is 0 Å². The third-order valence-corrected chi connectivity index (χ3v) is 3.48. The van der Waals surface area contributed by atoms with Gasteiger partial charge in [0.15, 0.2) is 0 Å². The summed E-state index contributed by atoms with van der Waals surface area (Å²) in [6.45, 7) is -0.259. The normalized spacial score (nSPS) is 12.0. The molecule has 1 rings (SSSR count). The monoisotopic (exact) mass is 264 g/mol. The Balaban J connectivity index is 2.77. The number of halogens is 2. The van der Waals surface area contributed by atoms with Gasteiger partial charge in [-0.15, -0.1) is 0 Å². The van der Waals surface area contributed by atoms with Gasteiger partial charge in [-0.05, 0) is 24.7 Å². The second kappa shape index (κ2) is 6.04. The maximum absolute atomic E-state index is 11.9. The summed E-state index contributed by atoms with van der Waals surface area (Å²) in [6, 6.07) is 6.04. The van der Waals surface area contributed by atoms with Gasteiger partial charge in [-0.1, -0.05) is 12.1 Å². The third-order valence-electron chi connectivity index (χ3n) is 2.04. The molecule has 0 unspecified atom stereocenters. The highest BCUT2D eigenvalue weighted by atomic mass is 32.2. The smallest absolute Gasteiger partial charge is 0.251 e. The Labute approximate surface area is 99.1 Å². The van der Waals surface area contributed by atoms with Gasteiger partial charge >= 0.3 is 0 Å². The van der Waals surface area contributed by atoms with Crippen LogP contribution in [0.15, 0.2) is 29.2 Å². The number of alkyl halides is 2. The van der Waals surface area contributed by atoms with Crippen molar-refractivity contribution in [3.63, 3.8) is 0 Å². The first kappa shape index (κ1) is 14.0. The Bertz CT molecular complexity index is 446. The van der Waals surface area contributed by atoms with E-state index in [4.69, 9.17) is 0 Å². The molecule has 0 spiro atoms. The predicted molar refractivity (Wildman–Crippen MR) is 60.4 cm³/mol. The van der Waals surface area contributed by atoms with Crippen molar-refractivity contribution < 1.29 is 17.2 Å². The minimum absolute atomic E-state index is 0.0157. The van der Waals surface area contributed by atoms with Crippen molar-refractivity contribution >= 4 is 10.0 Å². The van der Waals surface area contributed by atoms with E-state index in [9.17, 15) is 17.2 Å². The molecule has 0 atom stereocenters. The SMILES string of the molecule is CNCc1ccc(S(=O)(=O)NCC(F)F)cc1. The largest absolute Gasteiger partial charge is 0.316 e. The molecule has 4 nitrogen and oxygen atoms in total. The van der Waals surface area contributed by atoms with Gasteiger partial charge in [0.05, 0.1) is 11.4 Å². The van der Waals surface area contributed by atoms with Crippen molar-refractivity contribution in [3.8, 4) is 0 Å². The van der Waals surface area contributed by atoms with E-state index in [0.29, 0.717) is 6.54 Å². The van der Waals surface area contributed by atoms with Gasteiger partial charge in [0.1, 0.15) is 0 Å². The topological polar surface area (TPSA) is 58.2 Å². The number of rotatable bonds is 6. The maximum atomic E-state index is 11.9. The average Bonchev–Trinajstić information content (AvgIpc) is 2.28. The van der Waals surface area contributed by atoms with Crippen molar-refractivity contribution in [2.24, 2.45) is 0 Å². The lowest BCUT2D eigenvalue weighted by atomic mass is 10.2. The van der Waals surface area contributed by atoms with Crippen molar-refractivity contribution in [2.45, 2.75) is 17.9 Å². The van der Waals surface area contributed by atoms with E-state index in [1.54, 1.807) is 19.2 Å². The number of nitrogens with one attached hydrogen (secondary N) is 2. The van der Waals surface area contributed by atoms with E-state index < -0.39 is 23.0 Å². The van der Waals surface area contributed by atoms with Crippen molar-refractivity contribution in [3.05, 3.63) is 29.8 Å². The Morgan fingerprint density at radius 3 is 2.29 bits per heavy atom. The zero-order chi connectivity index (χ0) is 12.9. The van der Waals surface area contributed by atoms with Gasteiger partial charge in [-0.3, -0.25) is 0 Å². The molecule has 0 amide bonds. The van der Waals surface area contributed by atoms with Crippen LogP contribution in [0.4, 0.5) is 8.78 Å². The van der Waals surface area contributed by atoms with Crippen LogP contribution >= 0.6 is 0 Å². The first-order valence-electron chi connectivity index (χ1n) is 4.97. The minimum Gasteiger partial charge on any atom is -0.316 e. The third kappa shape index (κ3) is 4.37. The van der Waals surface area contributed by atoms with Crippen LogP contribution in [0.1, 0.15) is 5.56 Å². The van der Waals surface area contributed by atoms with E-state index in [2.05, 4.69) is 5.32 Å². The van der Waals surface area contributed by atoms with E-state index >= 15 is 0 Å². The van der Waals surface area contributed by atoms with E-state index in [1.165, 1.54) is 12.1 Å². The molecule has 0 aliphatic rings. The van der Waals surface area contributed by atoms with Crippen LogP contribution in [0.3, 0.4) is 0 Å². The van der Waals surface area contributed by atoms with Gasteiger partial charge in [0.2, 0.25) is 10.0 Å².